The summed E-state index contributed by atoms with van der Waals surface area (Å²) in [4.78, 5) is 12.8. The van der Waals surface area contributed by atoms with E-state index in [0.29, 0.717) is 37.4 Å². The topological polar surface area (TPSA) is 87.5 Å². The average Bonchev–Trinajstić information content (AvgIpc) is 2.70. The van der Waals surface area contributed by atoms with E-state index in [1.165, 1.54) is 10.6 Å². The van der Waals surface area contributed by atoms with Gasteiger partial charge in [-0.1, -0.05) is 13.8 Å². The lowest BCUT2D eigenvalue weighted by Gasteiger charge is -2.30. The van der Waals surface area contributed by atoms with Gasteiger partial charge in [-0.25, -0.2) is 31.5 Å². The molecule has 1 N–H and O–H groups in total. The Hall–Kier alpha value is -1.94. The maximum Gasteiger partial charge on any atom is 0.267 e. The third-order valence-corrected chi connectivity index (χ3v) is 6.77. The lowest BCUT2D eigenvalue weighted by Crippen LogP contribution is -2.42. The molecule has 0 saturated carbocycles. The summed E-state index contributed by atoms with van der Waals surface area (Å²) in [6.45, 7) is 8.56. The maximum atomic E-state index is 13.5. The van der Waals surface area contributed by atoms with Gasteiger partial charge >= 0.3 is 0 Å². The zero-order chi connectivity index (χ0) is 22.5. The van der Waals surface area contributed by atoms with Crippen molar-refractivity contribution in [2.24, 2.45) is 10.9 Å². The number of aromatic nitrogens is 2. The molecule has 1 unspecified atom stereocenters. The minimum absolute atomic E-state index is 0.0248. The molecule has 30 heavy (non-hydrogen) atoms. The molecule has 1 saturated heterocycles. The number of anilines is 1. The zero-order valence-corrected chi connectivity index (χ0v) is 19.0. The number of halogens is 2. The van der Waals surface area contributed by atoms with Gasteiger partial charge in [0.2, 0.25) is 16.0 Å². The van der Waals surface area contributed by atoms with Crippen LogP contribution in [0.5, 0.6) is 0 Å². The fourth-order valence-corrected chi connectivity index (χ4v) is 4.01. The van der Waals surface area contributed by atoms with Gasteiger partial charge < -0.3 is 5.32 Å². The predicted octanol–water partition coefficient (Wildman–Crippen LogP) is 4.12. The summed E-state index contributed by atoms with van der Waals surface area (Å²) in [7, 11) is -3.21. The second kappa shape index (κ2) is 10.4. The third kappa shape index (κ3) is 6.53. The lowest BCUT2D eigenvalue weighted by molar-refractivity contribution is 0.150. The largest absolute Gasteiger partial charge is 0.351 e. The van der Waals surface area contributed by atoms with Crippen LogP contribution in [0.4, 0.5) is 14.7 Å². The highest BCUT2D eigenvalue weighted by Crippen LogP contribution is 2.27. The second-order valence-electron chi connectivity index (χ2n) is 7.77. The van der Waals surface area contributed by atoms with Crippen molar-refractivity contribution in [2.45, 2.75) is 59.4 Å². The monoisotopic (exact) mass is 443 g/mol. The van der Waals surface area contributed by atoms with Gasteiger partial charge in [-0.05, 0) is 44.6 Å². The third-order valence-electron chi connectivity index (χ3n) is 5.47. The number of hydrogen-bond acceptors (Lipinski definition) is 6. The lowest BCUT2D eigenvalue weighted by atomic mass is 10.0. The van der Waals surface area contributed by atoms with E-state index in [1.807, 2.05) is 6.92 Å². The van der Waals surface area contributed by atoms with Crippen LogP contribution in [-0.2, 0) is 10.0 Å². The van der Waals surface area contributed by atoms with E-state index >= 15 is 0 Å². The molecular formula is C20H31F2N5O2S. The predicted molar refractivity (Wildman–Crippen MR) is 116 cm³/mol. The number of sulfonamides is 1. The fraction of sp³-hybridized carbons (Fsp3) is 0.650. The summed E-state index contributed by atoms with van der Waals surface area (Å²) in [5.74, 6) is 0.562. The van der Waals surface area contributed by atoms with Crippen LogP contribution in [0.1, 0.15) is 64.6 Å². The highest BCUT2D eigenvalue weighted by atomic mass is 32.2. The maximum absolute atomic E-state index is 13.5. The molecule has 10 heteroatoms. The Morgan fingerprint density at radius 2 is 2.00 bits per heavy atom. The average molecular weight is 444 g/mol. The molecule has 1 aromatic heterocycles. The van der Waals surface area contributed by atoms with E-state index in [1.54, 1.807) is 13.1 Å². The minimum atomic E-state index is -3.21. The van der Waals surface area contributed by atoms with E-state index in [0.717, 1.165) is 18.3 Å². The van der Waals surface area contributed by atoms with Gasteiger partial charge in [0, 0.05) is 37.2 Å². The highest BCUT2D eigenvalue weighted by Gasteiger charge is 2.26. The molecule has 2 rings (SSSR count). The van der Waals surface area contributed by atoms with E-state index in [4.69, 9.17) is 0 Å². The molecule has 7 nitrogen and oxygen atoms in total. The van der Waals surface area contributed by atoms with Gasteiger partial charge in [0.15, 0.2) is 0 Å². The number of nitrogens with zero attached hydrogens (tertiary/aromatic N) is 4. The molecule has 0 spiro atoms. The first kappa shape index (κ1) is 24.3. The van der Waals surface area contributed by atoms with Gasteiger partial charge in [-0.15, -0.1) is 0 Å². The molecule has 0 amide bonds. The van der Waals surface area contributed by atoms with Crippen LogP contribution in [-0.4, -0.2) is 53.8 Å². The molecule has 168 valence electrons. The zero-order valence-electron chi connectivity index (χ0n) is 18.2. The summed E-state index contributed by atoms with van der Waals surface area (Å²) in [5.41, 5.74) is 1.39. The smallest absolute Gasteiger partial charge is 0.267 e. The van der Waals surface area contributed by atoms with Crippen molar-refractivity contribution in [2.75, 3.05) is 24.7 Å². The second-order valence-corrected chi connectivity index (χ2v) is 9.75. The van der Waals surface area contributed by atoms with Crippen molar-refractivity contribution in [1.82, 2.24) is 14.3 Å². The fourth-order valence-electron chi connectivity index (χ4n) is 3.13. The Balaban J connectivity index is 2.20. The standard InChI is InChI=1S/C20H31F2N5O2S/c1-6-13(2)15(4)23-11-14(3)18-17(19(21)22)12-24-20(26-18)25-16-7-9-27(10-8-16)30(5,28)29/h11-13,16,19H,6-10H2,1-5H3,(H,24,25,26)/b14-11+,23-15-. The molecule has 0 bridgehead atoms. The molecule has 1 atom stereocenters. The van der Waals surface area contributed by atoms with Gasteiger partial charge in [-0.2, -0.15) is 0 Å². The molecular weight excluding hydrogens is 412 g/mol. The van der Waals surface area contributed by atoms with Gasteiger partial charge in [0.25, 0.3) is 6.43 Å². The Bertz CT molecular complexity index is 894. The molecule has 0 radical (unpaired) electrons. The van der Waals surface area contributed by atoms with Crippen LogP contribution in [0.25, 0.3) is 5.57 Å². The summed E-state index contributed by atoms with van der Waals surface area (Å²) in [6, 6.07) is -0.0248. The van der Waals surface area contributed by atoms with E-state index < -0.39 is 16.4 Å². The van der Waals surface area contributed by atoms with Crippen LogP contribution in [0, 0.1) is 5.92 Å². The van der Waals surface area contributed by atoms with Crippen molar-refractivity contribution >= 4 is 27.3 Å². The van der Waals surface area contributed by atoms with Gasteiger partial charge in [-0.3, -0.25) is 4.99 Å². The number of aliphatic imine (C=N–C) groups is 1. The normalized spacial score (nSPS) is 18.7. The Morgan fingerprint density at radius 1 is 1.37 bits per heavy atom. The number of alkyl halides is 2. The summed E-state index contributed by atoms with van der Waals surface area (Å²) >= 11 is 0. The van der Waals surface area contributed by atoms with Crippen LogP contribution in [0.2, 0.25) is 0 Å². The first-order valence-electron chi connectivity index (χ1n) is 10.1. The van der Waals surface area contributed by atoms with Crippen LogP contribution in [0.15, 0.2) is 17.4 Å². The van der Waals surface area contributed by atoms with Crippen molar-refractivity contribution in [3.8, 4) is 0 Å². The quantitative estimate of drug-likeness (QED) is 0.611. The van der Waals surface area contributed by atoms with Crippen LogP contribution >= 0.6 is 0 Å². The Morgan fingerprint density at radius 3 is 2.53 bits per heavy atom. The van der Waals surface area contributed by atoms with Crippen molar-refractivity contribution in [3.63, 3.8) is 0 Å². The molecule has 1 aliphatic heterocycles. The Labute approximate surface area is 177 Å². The van der Waals surface area contributed by atoms with Gasteiger partial charge in [0.05, 0.1) is 17.5 Å². The summed E-state index contributed by atoms with van der Waals surface area (Å²) < 4.78 is 51.7. The van der Waals surface area contributed by atoms with E-state index in [2.05, 4.69) is 34.1 Å². The molecule has 1 aliphatic rings. The number of hydrogen-bond donors (Lipinski definition) is 1. The molecule has 2 heterocycles. The molecule has 1 fully saturated rings. The highest BCUT2D eigenvalue weighted by molar-refractivity contribution is 7.88. The van der Waals surface area contributed by atoms with Crippen molar-refractivity contribution in [1.29, 1.82) is 0 Å². The van der Waals surface area contributed by atoms with Crippen molar-refractivity contribution in [3.05, 3.63) is 23.7 Å². The first-order valence-corrected chi connectivity index (χ1v) is 12.0. The SMILES string of the molecule is CCC(C)/C(C)=N\C=C(/C)c1nc(NC2CCN(S(C)(=O)=O)CC2)ncc1C(F)F. The first-order chi connectivity index (χ1) is 14.0. The summed E-state index contributed by atoms with van der Waals surface area (Å²) in [5, 5.41) is 3.15. The molecule has 0 aromatic carbocycles. The number of nitrogens with one attached hydrogen (secondary N) is 1. The molecule has 1 aromatic rings. The van der Waals surface area contributed by atoms with Crippen LogP contribution in [0.3, 0.4) is 0 Å². The van der Waals surface area contributed by atoms with Crippen LogP contribution < -0.4 is 5.32 Å². The Kier molecular flexibility index (Phi) is 8.42. The number of rotatable bonds is 8. The number of allylic oxidation sites excluding steroid dienone is 1. The minimum Gasteiger partial charge on any atom is -0.351 e. The number of piperidine rings is 1. The summed E-state index contributed by atoms with van der Waals surface area (Å²) in [6.07, 6.45) is 3.35. The van der Waals surface area contributed by atoms with Crippen molar-refractivity contribution < 1.29 is 17.2 Å². The van der Waals surface area contributed by atoms with E-state index in [-0.39, 0.29) is 23.2 Å². The van der Waals surface area contributed by atoms with E-state index in [9.17, 15) is 17.2 Å². The van der Waals surface area contributed by atoms with Gasteiger partial charge in [0.1, 0.15) is 0 Å². The molecule has 0 aliphatic carbocycles.